The number of piperidine rings is 1. The third-order valence-corrected chi connectivity index (χ3v) is 4.50. The Morgan fingerprint density at radius 3 is 2.65 bits per heavy atom. The third-order valence-electron chi connectivity index (χ3n) is 4.50. The van der Waals surface area contributed by atoms with Gasteiger partial charge < -0.3 is 14.7 Å². The first kappa shape index (κ1) is 15.8. The van der Waals surface area contributed by atoms with Crippen molar-refractivity contribution < 1.29 is 19.4 Å². The zero-order chi connectivity index (χ0) is 16.2. The molecule has 1 N–H and O–H groups in total. The van der Waals surface area contributed by atoms with Gasteiger partial charge in [-0.2, -0.15) is 0 Å². The summed E-state index contributed by atoms with van der Waals surface area (Å²) in [7, 11) is 0. The molecule has 2 aliphatic rings. The highest BCUT2D eigenvalue weighted by molar-refractivity contribution is 5.93. The van der Waals surface area contributed by atoms with E-state index in [4.69, 9.17) is 9.84 Å². The summed E-state index contributed by atoms with van der Waals surface area (Å²) in [5.74, 6) is -0.951. The summed E-state index contributed by atoms with van der Waals surface area (Å²) in [6.07, 6.45) is 3.32. The molecule has 1 fully saturated rings. The van der Waals surface area contributed by atoms with Gasteiger partial charge in [0.15, 0.2) is 0 Å². The van der Waals surface area contributed by atoms with Crippen LogP contribution in [0, 0.1) is 0 Å². The Labute approximate surface area is 135 Å². The van der Waals surface area contributed by atoms with Crippen LogP contribution in [0.3, 0.4) is 0 Å². The number of anilines is 1. The van der Waals surface area contributed by atoms with Gasteiger partial charge in [-0.25, -0.2) is 9.59 Å². The molecule has 0 atom stereocenters. The molecule has 2 aliphatic heterocycles. The summed E-state index contributed by atoms with van der Waals surface area (Å²) in [6.45, 7) is 1.72. The number of hydrogen-bond acceptors (Lipinski definition) is 3. The van der Waals surface area contributed by atoms with Crippen molar-refractivity contribution in [1.29, 1.82) is 0 Å². The van der Waals surface area contributed by atoms with Crippen LogP contribution in [0.4, 0.5) is 10.5 Å². The minimum atomic E-state index is -0.951. The van der Waals surface area contributed by atoms with Crippen LogP contribution in [-0.2, 0) is 16.0 Å². The Morgan fingerprint density at radius 2 is 1.91 bits per heavy atom. The van der Waals surface area contributed by atoms with E-state index in [0.717, 1.165) is 25.1 Å². The molecule has 0 aliphatic carbocycles. The Hall–Kier alpha value is -2.08. The predicted molar refractivity (Wildman–Crippen MR) is 85.7 cm³/mol. The fraction of sp³-hybridized carbons (Fsp3) is 0.529. The number of likely N-dealkylation sites (tertiary alicyclic amines) is 1. The standard InChI is InChI=1S/C17H22N2O4/c20-16(21)12-23-14-7-10-18(11-8-14)17(22)19-9-3-5-13-4-1-2-6-15(13)19/h1-2,4,6,14H,3,5,7-12H2,(H,20,21). The molecule has 6 heteroatoms. The van der Waals surface area contributed by atoms with Gasteiger partial charge >= 0.3 is 12.0 Å². The molecular formula is C17H22N2O4. The monoisotopic (exact) mass is 318 g/mol. The number of carbonyl (C=O) groups is 2. The topological polar surface area (TPSA) is 70.1 Å². The summed E-state index contributed by atoms with van der Waals surface area (Å²) < 4.78 is 5.32. The number of benzene rings is 1. The van der Waals surface area contributed by atoms with Crippen molar-refractivity contribution in [1.82, 2.24) is 4.90 Å². The van der Waals surface area contributed by atoms with Crippen LogP contribution in [-0.4, -0.2) is 54.4 Å². The number of rotatable bonds is 3. The molecule has 3 rings (SSSR count). The molecule has 0 bridgehead atoms. The fourth-order valence-electron chi connectivity index (χ4n) is 3.31. The predicted octanol–water partition coefficient (Wildman–Crippen LogP) is 2.12. The average Bonchev–Trinajstić information content (AvgIpc) is 2.59. The van der Waals surface area contributed by atoms with Gasteiger partial charge in [0.25, 0.3) is 0 Å². The lowest BCUT2D eigenvalue weighted by Crippen LogP contribution is -2.49. The lowest BCUT2D eigenvalue weighted by atomic mass is 10.0. The minimum absolute atomic E-state index is 0.0498. The molecule has 6 nitrogen and oxygen atoms in total. The summed E-state index contributed by atoms with van der Waals surface area (Å²) in [5, 5.41) is 8.65. The van der Waals surface area contributed by atoms with E-state index in [1.807, 2.05) is 28.0 Å². The lowest BCUT2D eigenvalue weighted by molar-refractivity contribution is -0.145. The lowest BCUT2D eigenvalue weighted by Gasteiger charge is -2.37. The van der Waals surface area contributed by atoms with E-state index < -0.39 is 5.97 Å². The summed E-state index contributed by atoms with van der Waals surface area (Å²) >= 11 is 0. The highest BCUT2D eigenvalue weighted by Gasteiger charge is 2.29. The van der Waals surface area contributed by atoms with Gasteiger partial charge in [0.1, 0.15) is 6.61 Å². The van der Waals surface area contributed by atoms with E-state index in [2.05, 4.69) is 6.07 Å². The Morgan fingerprint density at radius 1 is 1.17 bits per heavy atom. The summed E-state index contributed by atoms with van der Waals surface area (Å²) in [6, 6.07) is 8.12. The van der Waals surface area contributed by atoms with Crippen molar-refractivity contribution in [3.8, 4) is 0 Å². The van der Waals surface area contributed by atoms with Crippen molar-refractivity contribution >= 4 is 17.7 Å². The number of fused-ring (bicyclic) bond motifs is 1. The molecule has 0 spiro atoms. The van der Waals surface area contributed by atoms with E-state index in [-0.39, 0.29) is 18.7 Å². The molecule has 2 amide bonds. The number of hydrogen-bond donors (Lipinski definition) is 1. The van der Waals surface area contributed by atoms with Crippen molar-refractivity contribution in [2.45, 2.75) is 31.8 Å². The molecule has 23 heavy (non-hydrogen) atoms. The van der Waals surface area contributed by atoms with Crippen LogP contribution in [0.2, 0.25) is 0 Å². The quantitative estimate of drug-likeness (QED) is 0.927. The van der Waals surface area contributed by atoms with Gasteiger partial charge in [-0.1, -0.05) is 18.2 Å². The molecule has 0 radical (unpaired) electrons. The number of carboxylic acid groups (broad SMARTS) is 1. The number of ether oxygens (including phenoxy) is 1. The van der Waals surface area contributed by atoms with Crippen molar-refractivity contribution in [3.05, 3.63) is 29.8 Å². The number of aryl methyl sites for hydroxylation is 1. The molecule has 1 aromatic carbocycles. The van der Waals surface area contributed by atoms with Crippen LogP contribution in [0.25, 0.3) is 0 Å². The molecular weight excluding hydrogens is 296 g/mol. The normalized spacial score (nSPS) is 18.6. The molecule has 0 unspecified atom stereocenters. The van der Waals surface area contributed by atoms with Crippen LogP contribution in [0.1, 0.15) is 24.8 Å². The van der Waals surface area contributed by atoms with Crippen molar-refractivity contribution in [2.75, 3.05) is 31.1 Å². The second-order valence-corrected chi connectivity index (χ2v) is 6.06. The van der Waals surface area contributed by atoms with Crippen LogP contribution < -0.4 is 4.90 Å². The maximum atomic E-state index is 12.8. The first-order chi connectivity index (χ1) is 11.1. The van der Waals surface area contributed by atoms with E-state index in [0.29, 0.717) is 25.9 Å². The first-order valence-electron chi connectivity index (χ1n) is 8.13. The SMILES string of the molecule is O=C(O)COC1CCN(C(=O)N2CCCc3ccccc32)CC1. The van der Waals surface area contributed by atoms with Crippen molar-refractivity contribution in [3.63, 3.8) is 0 Å². The zero-order valence-corrected chi connectivity index (χ0v) is 13.1. The highest BCUT2D eigenvalue weighted by Crippen LogP contribution is 2.28. The molecule has 2 heterocycles. The van der Waals surface area contributed by atoms with E-state index in [1.165, 1.54) is 5.56 Å². The second-order valence-electron chi connectivity index (χ2n) is 6.06. The molecule has 1 saturated heterocycles. The Bertz CT molecular complexity index is 582. The number of carbonyl (C=O) groups excluding carboxylic acids is 1. The number of nitrogens with zero attached hydrogens (tertiary/aromatic N) is 2. The molecule has 0 aromatic heterocycles. The zero-order valence-electron chi connectivity index (χ0n) is 13.1. The minimum Gasteiger partial charge on any atom is -0.480 e. The van der Waals surface area contributed by atoms with E-state index in [9.17, 15) is 9.59 Å². The average molecular weight is 318 g/mol. The maximum Gasteiger partial charge on any atom is 0.329 e. The Balaban J connectivity index is 1.59. The van der Waals surface area contributed by atoms with Crippen molar-refractivity contribution in [2.24, 2.45) is 0 Å². The molecule has 1 aromatic rings. The third kappa shape index (κ3) is 3.64. The number of aliphatic carboxylic acids is 1. The maximum absolute atomic E-state index is 12.8. The Kier molecular flexibility index (Phi) is 4.81. The van der Waals surface area contributed by atoms with Gasteiger partial charge in [-0.05, 0) is 37.3 Å². The number of urea groups is 1. The van der Waals surface area contributed by atoms with Gasteiger partial charge in [-0.3, -0.25) is 4.90 Å². The van der Waals surface area contributed by atoms with E-state index >= 15 is 0 Å². The molecule has 0 saturated carbocycles. The number of para-hydroxylation sites is 1. The number of amides is 2. The largest absolute Gasteiger partial charge is 0.480 e. The van der Waals surface area contributed by atoms with Crippen LogP contribution in [0.5, 0.6) is 0 Å². The van der Waals surface area contributed by atoms with Gasteiger partial charge in [-0.15, -0.1) is 0 Å². The first-order valence-corrected chi connectivity index (χ1v) is 8.13. The highest BCUT2D eigenvalue weighted by atomic mass is 16.5. The van der Waals surface area contributed by atoms with E-state index in [1.54, 1.807) is 0 Å². The molecule has 124 valence electrons. The van der Waals surface area contributed by atoms with Crippen LogP contribution in [0.15, 0.2) is 24.3 Å². The van der Waals surface area contributed by atoms with Crippen LogP contribution >= 0.6 is 0 Å². The second kappa shape index (κ2) is 7.00. The van der Waals surface area contributed by atoms with Gasteiger partial charge in [0.2, 0.25) is 0 Å². The fourth-order valence-corrected chi connectivity index (χ4v) is 3.31. The van der Waals surface area contributed by atoms with Gasteiger partial charge in [0.05, 0.1) is 6.10 Å². The number of carboxylic acids is 1. The summed E-state index contributed by atoms with van der Waals surface area (Å²) in [5.41, 5.74) is 2.25. The van der Waals surface area contributed by atoms with Gasteiger partial charge in [0, 0.05) is 25.3 Å². The smallest absolute Gasteiger partial charge is 0.329 e. The summed E-state index contributed by atoms with van der Waals surface area (Å²) in [4.78, 5) is 27.1.